The lowest BCUT2D eigenvalue weighted by molar-refractivity contribution is 0.722. The van der Waals surface area contributed by atoms with Crippen LogP contribution in [0, 0.1) is 6.92 Å². The summed E-state index contributed by atoms with van der Waals surface area (Å²) in [5.74, 6) is 0. The number of aryl methyl sites for hydroxylation is 1. The molecule has 0 spiro atoms. The van der Waals surface area contributed by atoms with E-state index in [4.69, 9.17) is 0 Å². The van der Waals surface area contributed by atoms with Crippen molar-refractivity contribution in [2.75, 3.05) is 6.54 Å². The molecule has 0 aromatic carbocycles. The predicted molar refractivity (Wildman–Crippen MR) is 83.1 cm³/mol. The van der Waals surface area contributed by atoms with Crippen LogP contribution < -0.4 is 5.32 Å². The van der Waals surface area contributed by atoms with Gasteiger partial charge in [-0.25, -0.2) is 9.97 Å². The Morgan fingerprint density at radius 3 is 3.05 bits per heavy atom. The Labute approximate surface area is 122 Å². The van der Waals surface area contributed by atoms with Crippen LogP contribution in [-0.2, 0) is 13.1 Å². The molecular weight excluding hydrogens is 268 g/mol. The van der Waals surface area contributed by atoms with Crippen molar-refractivity contribution in [3.63, 3.8) is 0 Å². The third kappa shape index (κ3) is 2.59. The molecule has 3 rings (SSSR count). The lowest BCUT2D eigenvalue weighted by Gasteiger charge is -2.01. The number of pyridine rings is 1. The minimum absolute atomic E-state index is 0.782. The van der Waals surface area contributed by atoms with Crippen LogP contribution in [-0.4, -0.2) is 21.1 Å². The van der Waals surface area contributed by atoms with Gasteiger partial charge in [-0.2, -0.15) is 0 Å². The molecule has 0 radical (unpaired) electrons. The van der Waals surface area contributed by atoms with Gasteiger partial charge < -0.3 is 9.88 Å². The Kier molecular flexibility index (Phi) is 3.80. The van der Waals surface area contributed by atoms with E-state index in [9.17, 15) is 0 Å². The number of nitrogens with one attached hydrogen (secondary N) is 1. The topological polar surface area (TPSA) is 42.7 Å². The zero-order chi connectivity index (χ0) is 13.9. The largest absolute Gasteiger partial charge is 0.326 e. The highest BCUT2D eigenvalue weighted by atomic mass is 32.1. The van der Waals surface area contributed by atoms with Crippen LogP contribution >= 0.6 is 11.3 Å². The van der Waals surface area contributed by atoms with Gasteiger partial charge in [0.2, 0.25) is 0 Å². The van der Waals surface area contributed by atoms with Gasteiger partial charge >= 0.3 is 0 Å². The molecule has 0 aliphatic carbocycles. The van der Waals surface area contributed by atoms with E-state index in [2.05, 4.69) is 44.4 Å². The molecule has 0 amide bonds. The van der Waals surface area contributed by atoms with Gasteiger partial charge in [-0.05, 0) is 31.2 Å². The van der Waals surface area contributed by atoms with Crippen molar-refractivity contribution in [2.24, 2.45) is 0 Å². The highest BCUT2D eigenvalue weighted by molar-refractivity contribution is 7.09. The number of nitrogens with zero attached hydrogens (tertiary/aromatic N) is 3. The molecule has 104 valence electrons. The van der Waals surface area contributed by atoms with Gasteiger partial charge in [-0.15, -0.1) is 11.3 Å². The van der Waals surface area contributed by atoms with Gasteiger partial charge in [0.05, 0.1) is 17.2 Å². The molecular formula is C15H18N4S. The average Bonchev–Trinajstić information content (AvgIpc) is 3.02. The molecule has 0 aliphatic heterocycles. The second-order valence-corrected chi connectivity index (χ2v) is 5.86. The van der Waals surface area contributed by atoms with Crippen molar-refractivity contribution in [2.45, 2.75) is 26.9 Å². The van der Waals surface area contributed by atoms with Crippen LogP contribution in [0.2, 0.25) is 0 Å². The van der Waals surface area contributed by atoms with Gasteiger partial charge in [-0.1, -0.05) is 6.92 Å². The Hall–Kier alpha value is -1.72. The first kappa shape index (κ1) is 13.3. The minimum Gasteiger partial charge on any atom is -0.326 e. The minimum atomic E-state index is 0.782. The number of aromatic nitrogens is 3. The Bertz CT molecular complexity index is 714. The number of thiazole rings is 1. The monoisotopic (exact) mass is 286 g/mol. The molecule has 3 aromatic heterocycles. The number of fused-ring (bicyclic) bond motifs is 1. The van der Waals surface area contributed by atoms with Crippen LogP contribution in [0.15, 0.2) is 29.9 Å². The predicted octanol–water partition coefficient (Wildman–Crippen LogP) is 2.96. The average molecular weight is 286 g/mol. The number of hydrogen-bond donors (Lipinski definition) is 1. The zero-order valence-corrected chi connectivity index (χ0v) is 12.6. The third-order valence-electron chi connectivity index (χ3n) is 3.28. The molecule has 0 bridgehead atoms. The molecule has 0 fully saturated rings. The fourth-order valence-electron chi connectivity index (χ4n) is 2.37. The molecule has 0 saturated carbocycles. The zero-order valence-electron chi connectivity index (χ0n) is 11.8. The second kappa shape index (κ2) is 5.73. The van der Waals surface area contributed by atoms with Crippen LogP contribution in [0.3, 0.4) is 0 Å². The highest BCUT2D eigenvalue weighted by Crippen LogP contribution is 2.21. The van der Waals surface area contributed by atoms with Crippen LogP contribution in [0.25, 0.3) is 11.0 Å². The Morgan fingerprint density at radius 1 is 1.40 bits per heavy atom. The summed E-state index contributed by atoms with van der Waals surface area (Å²) >= 11 is 1.69. The Balaban J connectivity index is 1.97. The lowest BCUT2D eigenvalue weighted by Crippen LogP contribution is -2.11. The van der Waals surface area contributed by atoms with Crippen molar-refractivity contribution in [3.8, 4) is 0 Å². The summed E-state index contributed by atoms with van der Waals surface area (Å²) in [6.45, 7) is 6.79. The lowest BCUT2D eigenvalue weighted by atomic mass is 10.2. The van der Waals surface area contributed by atoms with E-state index in [0.29, 0.717) is 0 Å². The van der Waals surface area contributed by atoms with E-state index < -0.39 is 0 Å². The second-order valence-electron chi connectivity index (χ2n) is 4.79. The first-order chi connectivity index (χ1) is 9.78. The van der Waals surface area contributed by atoms with Crippen molar-refractivity contribution in [1.29, 1.82) is 0 Å². The van der Waals surface area contributed by atoms with Gasteiger partial charge in [0.1, 0.15) is 5.65 Å². The van der Waals surface area contributed by atoms with Crippen molar-refractivity contribution in [1.82, 2.24) is 19.9 Å². The Morgan fingerprint density at radius 2 is 2.30 bits per heavy atom. The number of rotatable bonds is 5. The smallest absolute Gasteiger partial charge is 0.140 e. The van der Waals surface area contributed by atoms with Crippen LogP contribution in [0.4, 0.5) is 0 Å². The molecule has 0 unspecified atom stereocenters. The summed E-state index contributed by atoms with van der Waals surface area (Å²) in [5, 5.41) is 7.83. The van der Waals surface area contributed by atoms with Gasteiger partial charge in [-0.3, -0.25) is 0 Å². The maximum atomic E-state index is 4.54. The van der Waals surface area contributed by atoms with E-state index in [1.807, 2.05) is 19.2 Å². The highest BCUT2D eigenvalue weighted by Gasteiger charge is 2.10. The summed E-state index contributed by atoms with van der Waals surface area (Å²) in [5.41, 5.74) is 3.43. The summed E-state index contributed by atoms with van der Waals surface area (Å²) < 4.78 is 2.19. The first-order valence-corrected chi connectivity index (χ1v) is 7.70. The molecule has 0 aliphatic rings. The maximum absolute atomic E-state index is 4.54. The molecule has 5 heteroatoms. The molecule has 20 heavy (non-hydrogen) atoms. The van der Waals surface area contributed by atoms with Crippen LogP contribution in [0.1, 0.15) is 23.2 Å². The van der Waals surface area contributed by atoms with E-state index >= 15 is 0 Å². The van der Waals surface area contributed by atoms with Crippen molar-refractivity contribution in [3.05, 3.63) is 46.2 Å². The normalized spacial score (nSPS) is 11.3. The van der Waals surface area contributed by atoms with E-state index in [0.717, 1.165) is 36.0 Å². The molecule has 1 N–H and O–H groups in total. The van der Waals surface area contributed by atoms with Crippen molar-refractivity contribution < 1.29 is 0 Å². The third-order valence-corrected chi connectivity index (χ3v) is 4.10. The van der Waals surface area contributed by atoms with Crippen molar-refractivity contribution >= 4 is 22.4 Å². The van der Waals surface area contributed by atoms with Gasteiger partial charge in [0.15, 0.2) is 0 Å². The summed E-state index contributed by atoms with van der Waals surface area (Å²) in [7, 11) is 0. The maximum Gasteiger partial charge on any atom is 0.140 e. The summed E-state index contributed by atoms with van der Waals surface area (Å²) in [6, 6.07) is 4.13. The van der Waals surface area contributed by atoms with Gasteiger partial charge in [0, 0.05) is 29.7 Å². The quantitative estimate of drug-likeness (QED) is 0.784. The first-order valence-electron chi connectivity index (χ1n) is 6.82. The fourth-order valence-corrected chi connectivity index (χ4v) is 2.98. The molecule has 0 saturated heterocycles. The SMILES string of the molecule is CCNCc1cn(Cc2csc(C)n2)c2ncccc12. The molecule has 3 aromatic rings. The van der Waals surface area contributed by atoms with E-state index in [-0.39, 0.29) is 0 Å². The summed E-state index contributed by atoms with van der Waals surface area (Å²) in [6.07, 6.45) is 4.04. The van der Waals surface area contributed by atoms with Gasteiger partial charge in [0.25, 0.3) is 0 Å². The standard InChI is InChI=1S/C15H18N4S/c1-3-16-7-12-8-19(9-13-10-20-11(2)18-13)15-14(12)5-4-6-17-15/h4-6,8,10,16H,3,7,9H2,1-2H3. The molecule has 3 heterocycles. The van der Waals surface area contributed by atoms with E-state index in [1.165, 1.54) is 10.9 Å². The molecule has 0 atom stereocenters. The molecule has 4 nitrogen and oxygen atoms in total. The number of hydrogen-bond acceptors (Lipinski definition) is 4. The van der Waals surface area contributed by atoms with Crippen LogP contribution in [0.5, 0.6) is 0 Å². The summed E-state index contributed by atoms with van der Waals surface area (Å²) in [4.78, 5) is 9.06. The fraction of sp³-hybridized carbons (Fsp3) is 0.333. The van der Waals surface area contributed by atoms with E-state index in [1.54, 1.807) is 11.3 Å².